The van der Waals surface area contributed by atoms with Gasteiger partial charge in [-0.3, -0.25) is 0 Å². The zero-order valence-electron chi connectivity index (χ0n) is 11.4. The number of methoxy groups -OCH3 is 1. The van der Waals surface area contributed by atoms with Crippen molar-refractivity contribution in [2.45, 2.75) is 18.9 Å². The number of nitrogens with zero attached hydrogens (tertiary/aromatic N) is 1. The average molecular weight is 264 g/mol. The third-order valence-corrected chi connectivity index (χ3v) is 3.59. The van der Waals surface area contributed by atoms with E-state index >= 15 is 0 Å². The fourth-order valence-corrected chi connectivity index (χ4v) is 2.33. The Labute approximate surface area is 113 Å². The molecule has 19 heavy (non-hydrogen) atoms. The highest BCUT2D eigenvalue weighted by atomic mass is 16.5. The number of nitrogens with two attached hydrogens (primary N) is 1. The maximum absolute atomic E-state index is 11.6. The van der Waals surface area contributed by atoms with Crippen molar-refractivity contribution in [3.05, 3.63) is 23.8 Å². The average Bonchev–Trinajstić information content (AvgIpc) is 2.47. The van der Waals surface area contributed by atoms with Crippen molar-refractivity contribution in [3.8, 4) is 0 Å². The molecular weight excluding hydrogens is 244 g/mol. The van der Waals surface area contributed by atoms with Crippen LogP contribution in [0.4, 0.5) is 11.4 Å². The molecule has 1 heterocycles. The summed E-state index contributed by atoms with van der Waals surface area (Å²) in [6.07, 6.45) is 1.99. The fraction of sp³-hybridized carbons (Fsp3) is 0.500. The number of esters is 1. The summed E-state index contributed by atoms with van der Waals surface area (Å²) in [7, 11) is 3.39. The molecular formula is C14H20N2O3. The molecule has 2 N–H and O–H groups in total. The highest BCUT2D eigenvalue weighted by Gasteiger charge is 2.20. The van der Waals surface area contributed by atoms with E-state index in [-0.39, 0.29) is 0 Å². The molecule has 1 aliphatic rings. The van der Waals surface area contributed by atoms with Crippen LogP contribution < -0.4 is 10.6 Å². The van der Waals surface area contributed by atoms with E-state index in [9.17, 15) is 4.79 Å². The highest BCUT2D eigenvalue weighted by molar-refractivity contribution is 5.96. The molecule has 1 aromatic carbocycles. The normalized spacial score (nSPS) is 16.1. The molecule has 1 aliphatic heterocycles. The summed E-state index contributed by atoms with van der Waals surface area (Å²) in [5.74, 6) is -0.403. The second-order valence-electron chi connectivity index (χ2n) is 4.72. The van der Waals surface area contributed by atoms with Gasteiger partial charge in [-0.05, 0) is 31.0 Å². The SMILES string of the molecule is COC(=O)c1cc(N(C)C2CCOCC2)ccc1N. The van der Waals surface area contributed by atoms with Crippen molar-refractivity contribution in [1.82, 2.24) is 0 Å². The van der Waals surface area contributed by atoms with Gasteiger partial charge < -0.3 is 20.1 Å². The molecule has 5 heteroatoms. The van der Waals surface area contributed by atoms with Crippen LogP contribution in [0.15, 0.2) is 18.2 Å². The van der Waals surface area contributed by atoms with Gasteiger partial charge in [-0.15, -0.1) is 0 Å². The molecule has 0 aliphatic carbocycles. The number of hydrogen-bond acceptors (Lipinski definition) is 5. The molecule has 1 fully saturated rings. The smallest absolute Gasteiger partial charge is 0.340 e. The lowest BCUT2D eigenvalue weighted by atomic mass is 10.1. The van der Waals surface area contributed by atoms with Crippen LogP contribution >= 0.6 is 0 Å². The van der Waals surface area contributed by atoms with Crippen LogP contribution in [0.2, 0.25) is 0 Å². The van der Waals surface area contributed by atoms with Crippen molar-refractivity contribution in [1.29, 1.82) is 0 Å². The van der Waals surface area contributed by atoms with E-state index in [1.54, 1.807) is 12.1 Å². The molecule has 0 amide bonds. The van der Waals surface area contributed by atoms with Crippen molar-refractivity contribution in [3.63, 3.8) is 0 Å². The Balaban J connectivity index is 2.21. The van der Waals surface area contributed by atoms with Crippen LogP contribution in [0.25, 0.3) is 0 Å². The Kier molecular flexibility index (Phi) is 4.27. The number of benzene rings is 1. The molecule has 5 nitrogen and oxygen atoms in total. The Morgan fingerprint density at radius 1 is 1.42 bits per heavy atom. The van der Waals surface area contributed by atoms with Crippen LogP contribution in [-0.2, 0) is 9.47 Å². The largest absolute Gasteiger partial charge is 0.465 e. The van der Waals surface area contributed by atoms with Gasteiger partial charge in [0.15, 0.2) is 0 Å². The molecule has 1 aromatic rings. The molecule has 0 unspecified atom stereocenters. The summed E-state index contributed by atoms with van der Waals surface area (Å²) in [5, 5.41) is 0. The lowest BCUT2D eigenvalue weighted by Crippen LogP contribution is -2.36. The van der Waals surface area contributed by atoms with Crippen LogP contribution in [0.3, 0.4) is 0 Å². The number of carbonyl (C=O) groups is 1. The number of hydrogen-bond donors (Lipinski definition) is 1. The first kappa shape index (κ1) is 13.7. The van der Waals surface area contributed by atoms with E-state index in [2.05, 4.69) is 4.90 Å². The molecule has 0 radical (unpaired) electrons. The summed E-state index contributed by atoms with van der Waals surface area (Å²) < 4.78 is 10.1. The van der Waals surface area contributed by atoms with Gasteiger partial charge in [0, 0.05) is 37.7 Å². The van der Waals surface area contributed by atoms with E-state index in [4.69, 9.17) is 15.2 Å². The van der Waals surface area contributed by atoms with E-state index < -0.39 is 5.97 Å². The molecule has 0 saturated carbocycles. The number of ether oxygens (including phenoxy) is 2. The van der Waals surface area contributed by atoms with Gasteiger partial charge in [-0.2, -0.15) is 0 Å². The van der Waals surface area contributed by atoms with E-state index in [0.717, 1.165) is 31.7 Å². The molecule has 1 saturated heterocycles. The fourth-order valence-electron chi connectivity index (χ4n) is 2.33. The Hall–Kier alpha value is -1.75. The van der Waals surface area contributed by atoms with Gasteiger partial charge in [-0.1, -0.05) is 0 Å². The summed E-state index contributed by atoms with van der Waals surface area (Å²) in [6, 6.07) is 5.90. The first-order valence-corrected chi connectivity index (χ1v) is 6.42. The van der Waals surface area contributed by atoms with Crippen LogP contribution in [0.1, 0.15) is 23.2 Å². The summed E-state index contributed by atoms with van der Waals surface area (Å²) >= 11 is 0. The molecule has 0 atom stereocenters. The first-order chi connectivity index (χ1) is 9.13. The predicted octanol–water partition coefficient (Wildman–Crippen LogP) is 1.67. The Morgan fingerprint density at radius 2 is 2.11 bits per heavy atom. The van der Waals surface area contributed by atoms with Gasteiger partial charge in [0.2, 0.25) is 0 Å². The maximum atomic E-state index is 11.6. The monoisotopic (exact) mass is 264 g/mol. The van der Waals surface area contributed by atoms with Crippen LogP contribution in [0, 0.1) is 0 Å². The van der Waals surface area contributed by atoms with Crippen molar-refractivity contribution in [2.24, 2.45) is 0 Å². The second kappa shape index (κ2) is 5.93. The maximum Gasteiger partial charge on any atom is 0.340 e. The minimum Gasteiger partial charge on any atom is -0.465 e. The standard InChI is InChI=1S/C14H20N2O3/c1-16(10-5-7-19-8-6-10)11-3-4-13(15)12(9-11)14(17)18-2/h3-4,9-10H,5-8,15H2,1-2H3. The van der Waals surface area contributed by atoms with Gasteiger partial charge in [0.05, 0.1) is 12.7 Å². The van der Waals surface area contributed by atoms with Gasteiger partial charge in [0.25, 0.3) is 0 Å². The van der Waals surface area contributed by atoms with Gasteiger partial charge in [-0.25, -0.2) is 4.79 Å². The van der Waals surface area contributed by atoms with Crippen LogP contribution in [-0.4, -0.2) is 39.4 Å². The van der Waals surface area contributed by atoms with E-state index in [0.29, 0.717) is 17.3 Å². The molecule has 2 rings (SSSR count). The molecule has 0 spiro atoms. The third kappa shape index (κ3) is 2.98. The number of carbonyl (C=O) groups excluding carboxylic acids is 1. The minimum atomic E-state index is -0.403. The van der Waals surface area contributed by atoms with Crippen molar-refractivity contribution >= 4 is 17.3 Å². The third-order valence-electron chi connectivity index (χ3n) is 3.59. The van der Waals surface area contributed by atoms with E-state index in [1.807, 2.05) is 13.1 Å². The number of anilines is 2. The number of rotatable bonds is 3. The molecule has 0 aromatic heterocycles. The Bertz CT molecular complexity index is 456. The van der Waals surface area contributed by atoms with E-state index in [1.165, 1.54) is 7.11 Å². The quantitative estimate of drug-likeness (QED) is 0.664. The second-order valence-corrected chi connectivity index (χ2v) is 4.72. The minimum absolute atomic E-state index is 0.403. The lowest BCUT2D eigenvalue weighted by molar-refractivity contribution is 0.0602. The molecule has 0 bridgehead atoms. The van der Waals surface area contributed by atoms with Crippen molar-refractivity contribution < 1.29 is 14.3 Å². The highest BCUT2D eigenvalue weighted by Crippen LogP contribution is 2.25. The van der Waals surface area contributed by atoms with Gasteiger partial charge in [0.1, 0.15) is 0 Å². The zero-order chi connectivity index (χ0) is 13.8. The lowest BCUT2D eigenvalue weighted by Gasteiger charge is -2.33. The number of nitrogen functional groups attached to an aromatic ring is 1. The predicted molar refractivity (Wildman–Crippen MR) is 74.4 cm³/mol. The van der Waals surface area contributed by atoms with Crippen molar-refractivity contribution in [2.75, 3.05) is 38.0 Å². The zero-order valence-corrected chi connectivity index (χ0v) is 11.4. The first-order valence-electron chi connectivity index (χ1n) is 6.42. The van der Waals surface area contributed by atoms with Gasteiger partial charge >= 0.3 is 5.97 Å². The summed E-state index contributed by atoms with van der Waals surface area (Å²) in [6.45, 7) is 1.57. The van der Waals surface area contributed by atoms with Crippen LogP contribution in [0.5, 0.6) is 0 Å². The summed E-state index contributed by atoms with van der Waals surface area (Å²) in [5.41, 5.74) is 7.64. The Morgan fingerprint density at radius 3 is 2.74 bits per heavy atom. The summed E-state index contributed by atoms with van der Waals surface area (Å²) in [4.78, 5) is 13.8. The topological polar surface area (TPSA) is 64.8 Å². The molecule has 104 valence electrons.